The summed E-state index contributed by atoms with van der Waals surface area (Å²) in [7, 11) is 1.62. The highest BCUT2D eigenvalue weighted by Gasteiger charge is 2.32. The molecule has 2 aromatic rings. The Hall–Kier alpha value is -2.42. The summed E-state index contributed by atoms with van der Waals surface area (Å²) in [5.74, 6) is 0.402. The Balaban J connectivity index is 1.89. The van der Waals surface area contributed by atoms with Gasteiger partial charge in [0.25, 0.3) is 0 Å². The number of hydrogen-bond donors (Lipinski definition) is 1. The van der Waals surface area contributed by atoms with Crippen molar-refractivity contribution in [3.05, 3.63) is 65.0 Å². The van der Waals surface area contributed by atoms with Crippen molar-refractivity contribution in [3.63, 3.8) is 0 Å². The fourth-order valence-electron chi connectivity index (χ4n) is 3.27. The van der Waals surface area contributed by atoms with Crippen LogP contribution in [0.2, 0.25) is 0 Å². The zero-order valence-corrected chi connectivity index (χ0v) is 13.4. The first-order chi connectivity index (χ1) is 11.6. The molecule has 2 aromatic carbocycles. The zero-order chi connectivity index (χ0) is 17.1. The molecule has 24 heavy (non-hydrogen) atoms. The van der Waals surface area contributed by atoms with Gasteiger partial charge in [0.2, 0.25) is 0 Å². The Morgan fingerprint density at radius 2 is 2.17 bits per heavy atom. The average Bonchev–Trinajstić information content (AvgIpc) is 2.95. The summed E-state index contributed by atoms with van der Waals surface area (Å²) in [5.41, 5.74) is 2.14. The minimum absolute atomic E-state index is 0.00455. The summed E-state index contributed by atoms with van der Waals surface area (Å²) in [6, 6.07) is 14.0. The smallest absolute Gasteiger partial charge is 0.123 e. The van der Waals surface area contributed by atoms with E-state index in [2.05, 4.69) is 11.0 Å². The van der Waals surface area contributed by atoms with Crippen molar-refractivity contribution in [1.29, 1.82) is 5.26 Å². The Morgan fingerprint density at radius 1 is 1.33 bits per heavy atom. The minimum atomic E-state index is -0.444. The largest absolute Gasteiger partial charge is 0.497 e. The van der Waals surface area contributed by atoms with Gasteiger partial charge in [-0.15, -0.1) is 0 Å². The lowest BCUT2D eigenvalue weighted by Crippen LogP contribution is -2.24. The van der Waals surface area contributed by atoms with E-state index in [1.807, 2.05) is 24.3 Å². The Kier molecular flexibility index (Phi) is 4.79. The van der Waals surface area contributed by atoms with Gasteiger partial charge in [0.1, 0.15) is 11.6 Å². The van der Waals surface area contributed by atoms with E-state index in [9.17, 15) is 14.8 Å². The molecule has 4 nitrogen and oxygen atoms in total. The summed E-state index contributed by atoms with van der Waals surface area (Å²) < 4.78 is 18.8. The third-order valence-electron chi connectivity index (χ3n) is 4.42. The van der Waals surface area contributed by atoms with E-state index in [-0.39, 0.29) is 11.9 Å². The molecule has 0 bridgehead atoms. The van der Waals surface area contributed by atoms with Crippen LogP contribution in [-0.2, 0) is 6.54 Å². The number of likely N-dealkylation sites (tertiary alicyclic amines) is 1. The molecule has 1 saturated heterocycles. The third-order valence-corrected chi connectivity index (χ3v) is 4.42. The molecule has 2 atom stereocenters. The summed E-state index contributed by atoms with van der Waals surface area (Å²) in [6.07, 6.45) is 0.157. The monoisotopic (exact) mass is 326 g/mol. The lowest BCUT2D eigenvalue weighted by atomic mass is 10.0. The topological polar surface area (TPSA) is 56.5 Å². The molecule has 0 aromatic heterocycles. The number of β-amino-alcohol motifs (C(OH)–C–C–N with tert-alkyl or cyclic N) is 1. The van der Waals surface area contributed by atoms with Gasteiger partial charge < -0.3 is 9.84 Å². The Bertz CT molecular complexity index is 772. The second-order valence-corrected chi connectivity index (χ2v) is 6.02. The summed E-state index contributed by atoms with van der Waals surface area (Å²) in [4.78, 5) is 2.08. The van der Waals surface area contributed by atoms with Crippen LogP contribution in [0.3, 0.4) is 0 Å². The molecule has 0 spiro atoms. The molecule has 1 heterocycles. The fraction of sp³-hybridized carbons (Fsp3) is 0.316. The van der Waals surface area contributed by atoms with E-state index in [4.69, 9.17) is 4.74 Å². The first kappa shape index (κ1) is 16.4. The van der Waals surface area contributed by atoms with E-state index < -0.39 is 6.10 Å². The second-order valence-electron chi connectivity index (χ2n) is 6.02. The van der Waals surface area contributed by atoms with Crippen molar-refractivity contribution in [2.24, 2.45) is 0 Å². The first-order valence-corrected chi connectivity index (χ1v) is 7.85. The average molecular weight is 326 g/mol. The molecule has 124 valence electrons. The van der Waals surface area contributed by atoms with Crippen molar-refractivity contribution in [2.45, 2.75) is 25.1 Å². The van der Waals surface area contributed by atoms with Crippen LogP contribution in [-0.4, -0.2) is 29.8 Å². The second kappa shape index (κ2) is 7.00. The van der Waals surface area contributed by atoms with Gasteiger partial charge in [-0.3, -0.25) is 4.90 Å². The molecule has 1 N–H and O–H groups in total. The number of benzene rings is 2. The van der Waals surface area contributed by atoms with Gasteiger partial charge in [0.05, 0.1) is 24.8 Å². The minimum Gasteiger partial charge on any atom is -0.497 e. The van der Waals surface area contributed by atoms with Gasteiger partial charge in [0.15, 0.2) is 0 Å². The molecule has 0 amide bonds. The van der Waals surface area contributed by atoms with Crippen LogP contribution in [0.5, 0.6) is 5.75 Å². The molecule has 3 rings (SSSR count). The SMILES string of the molecule is COc1cccc(C2CC(O)CN2Cc2cc(F)ccc2C#N)c1. The maximum absolute atomic E-state index is 13.6. The summed E-state index contributed by atoms with van der Waals surface area (Å²) >= 11 is 0. The number of halogens is 1. The number of hydrogen-bond acceptors (Lipinski definition) is 4. The molecule has 0 radical (unpaired) electrons. The fourth-order valence-corrected chi connectivity index (χ4v) is 3.27. The standard InChI is InChI=1S/C19H19FN2O2/c1-24-18-4-2-3-13(8-18)19-9-17(23)12-22(19)11-15-7-16(20)6-5-14(15)10-21/h2-8,17,19,23H,9,11-12H2,1H3. The van der Waals surface area contributed by atoms with E-state index in [1.54, 1.807) is 7.11 Å². The van der Waals surface area contributed by atoms with Crippen LogP contribution >= 0.6 is 0 Å². The van der Waals surface area contributed by atoms with Crippen LogP contribution in [0, 0.1) is 17.1 Å². The van der Waals surface area contributed by atoms with E-state index in [0.717, 1.165) is 11.3 Å². The molecule has 1 aliphatic rings. The van der Waals surface area contributed by atoms with Gasteiger partial charge in [0, 0.05) is 19.1 Å². The molecular weight excluding hydrogens is 307 g/mol. The molecule has 0 aliphatic carbocycles. The number of methoxy groups -OCH3 is 1. The predicted octanol–water partition coefficient (Wildman–Crippen LogP) is 3.01. The van der Waals surface area contributed by atoms with Gasteiger partial charge in [-0.2, -0.15) is 5.26 Å². The molecule has 5 heteroatoms. The molecule has 0 saturated carbocycles. The van der Waals surface area contributed by atoms with Crippen LogP contribution in [0.1, 0.15) is 29.2 Å². The number of rotatable bonds is 4. The van der Waals surface area contributed by atoms with Gasteiger partial charge in [-0.1, -0.05) is 12.1 Å². The van der Waals surface area contributed by atoms with Crippen LogP contribution in [0.4, 0.5) is 4.39 Å². The molecule has 1 fully saturated rings. The quantitative estimate of drug-likeness (QED) is 0.938. The van der Waals surface area contributed by atoms with E-state index >= 15 is 0 Å². The first-order valence-electron chi connectivity index (χ1n) is 7.85. The Morgan fingerprint density at radius 3 is 2.92 bits per heavy atom. The third kappa shape index (κ3) is 3.40. The molecular formula is C19H19FN2O2. The highest BCUT2D eigenvalue weighted by atomic mass is 19.1. The lowest BCUT2D eigenvalue weighted by Gasteiger charge is -2.25. The lowest BCUT2D eigenvalue weighted by molar-refractivity contribution is 0.172. The van der Waals surface area contributed by atoms with Crippen LogP contribution in [0.15, 0.2) is 42.5 Å². The Labute approximate surface area is 140 Å². The molecule has 1 aliphatic heterocycles. The number of nitrogens with zero attached hydrogens (tertiary/aromatic N) is 2. The predicted molar refractivity (Wildman–Crippen MR) is 87.9 cm³/mol. The zero-order valence-electron chi connectivity index (χ0n) is 13.4. The summed E-state index contributed by atoms with van der Waals surface area (Å²) in [5, 5.41) is 19.3. The number of aliphatic hydroxyl groups is 1. The van der Waals surface area contributed by atoms with Crippen molar-refractivity contribution >= 4 is 0 Å². The maximum atomic E-state index is 13.6. The van der Waals surface area contributed by atoms with Gasteiger partial charge in [-0.05, 0) is 47.9 Å². The van der Waals surface area contributed by atoms with Crippen molar-refractivity contribution in [3.8, 4) is 11.8 Å². The van der Waals surface area contributed by atoms with Crippen LogP contribution < -0.4 is 4.74 Å². The number of aliphatic hydroxyl groups excluding tert-OH is 1. The van der Waals surface area contributed by atoms with Crippen LogP contribution in [0.25, 0.3) is 0 Å². The normalized spacial score (nSPS) is 20.8. The van der Waals surface area contributed by atoms with Crippen molar-refractivity contribution in [1.82, 2.24) is 4.90 Å². The van der Waals surface area contributed by atoms with Crippen molar-refractivity contribution in [2.75, 3.05) is 13.7 Å². The number of ether oxygens (including phenoxy) is 1. The number of nitriles is 1. The van der Waals surface area contributed by atoms with E-state index in [0.29, 0.717) is 30.6 Å². The maximum Gasteiger partial charge on any atom is 0.123 e. The summed E-state index contributed by atoms with van der Waals surface area (Å²) in [6.45, 7) is 0.906. The molecule has 2 unspecified atom stereocenters. The van der Waals surface area contributed by atoms with Gasteiger partial charge >= 0.3 is 0 Å². The highest BCUT2D eigenvalue weighted by molar-refractivity contribution is 5.38. The van der Waals surface area contributed by atoms with Crippen molar-refractivity contribution < 1.29 is 14.2 Å². The van der Waals surface area contributed by atoms with Gasteiger partial charge in [-0.25, -0.2) is 4.39 Å². The van der Waals surface area contributed by atoms with E-state index in [1.165, 1.54) is 18.2 Å². The highest BCUT2D eigenvalue weighted by Crippen LogP contribution is 2.35.